The number of carbonyl (C=O) groups excluding carboxylic acids is 1. The molecular weight excluding hydrogens is 324 g/mol. The molecule has 0 aliphatic heterocycles. The highest BCUT2D eigenvalue weighted by atomic mass is 35.5. The number of phenols is 1. The fourth-order valence-electron chi connectivity index (χ4n) is 1.64. The van der Waals surface area contributed by atoms with Crippen LogP contribution in [0.5, 0.6) is 5.75 Å². The molecular formula is C14H11ClN4O4. The van der Waals surface area contributed by atoms with E-state index in [4.69, 9.17) is 11.6 Å². The van der Waals surface area contributed by atoms with Crippen LogP contribution in [0, 0.1) is 10.1 Å². The predicted molar refractivity (Wildman–Crippen MR) is 85.8 cm³/mol. The Morgan fingerprint density at radius 3 is 2.65 bits per heavy atom. The second kappa shape index (κ2) is 7.23. The molecule has 8 nitrogen and oxygen atoms in total. The highest BCUT2D eigenvalue weighted by molar-refractivity contribution is 6.32. The van der Waals surface area contributed by atoms with Crippen LogP contribution in [0.2, 0.25) is 5.02 Å². The number of nitrogens with zero attached hydrogens (tertiary/aromatic N) is 2. The van der Waals surface area contributed by atoms with Gasteiger partial charge in [-0.05, 0) is 12.1 Å². The minimum absolute atomic E-state index is 0.0607. The lowest BCUT2D eigenvalue weighted by Gasteiger charge is -2.05. The predicted octanol–water partition coefficient (Wildman–Crippen LogP) is 2.74. The fourth-order valence-corrected chi connectivity index (χ4v) is 1.85. The summed E-state index contributed by atoms with van der Waals surface area (Å²) in [6.07, 6.45) is 1.06. The largest absolute Gasteiger partial charge is 0.504 e. The number of hydrazone groups is 1. The molecule has 1 amide bonds. The lowest BCUT2D eigenvalue weighted by molar-refractivity contribution is -0.384. The lowest BCUT2D eigenvalue weighted by atomic mass is 10.2. The quantitative estimate of drug-likeness (QED) is 0.255. The maximum atomic E-state index is 11.7. The summed E-state index contributed by atoms with van der Waals surface area (Å²) in [5.74, 6) is -0.763. The number of anilines is 1. The Kier molecular flexibility index (Phi) is 5.11. The number of nitrogens with one attached hydrogen (secondary N) is 2. The van der Waals surface area contributed by atoms with Gasteiger partial charge in [0.1, 0.15) is 12.0 Å². The molecule has 0 saturated heterocycles. The van der Waals surface area contributed by atoms with Crippen molar-refractivity contribution in [1.82, 2.24) is 5.32 Å². The molecule has 9 heteroatoms. The second-order valence-corrected chi connectivity index (χ2v) is 4.70. The molecule has 0 bridgehead atoms. The van der Waals surface area contributed by atoms with Crippen molar-refractivity contribution < 1.29 is 14.8 Å². The number of carbonyl (C=O) groups is 1. The van der Waals surface area contributed by atoms with E-state index >= 15 is 0 Å². The van der Waals surface area contributed by atoms with Gasteiger partial charge in [0.25, 0.3) is 11.6 Å². The Bertz CT molecular complexity index is 765. The Hall–Kier alpha value is -3.13. The van der Waals surface area contributed by atoms with Gasteiger partial charge in [0.15, 0.2) is 5.75 Å². The third kappa shape index (κ3) is 4.17. The number of benzene rings is 2. The first-order chi connectivity index (χ1) is 11.0. The van der Waals surface area contributed by atoms with Crippen LogP contribution < -0.4 is 10.7 Å². The summed E-state index contributed by atoms with van der Waals surface area (Å²) in [6, 6.07) is 10.5. The van der Waals surface area contributed by atoms with Crippen LogP contribution in [-0.4, -0.2) is 22.3 Å². The SMILES string of the molecule is O=C(N/C=N/Nc1cc([N+](=O)[O-])cc(Cl)c1O)c1ccccc1. The highest BCUT2D eigenvalue weighted by Gasteiger charge is 2.14. The lowest BCUT2D eigenvalue weighted by Crippen LogP contribution is -2.21. The molecule has 0 atom stereocenters. The van der Waals surface area contributed by atoms with Gasteiger partial charge in [0.05, 0.1) is 9.95 Å². The van der Waals surface area contributed by atoms with Crippen LogP contribution in [0.1, 0.15) is 10.4 Å². The standard InChI is InChI=1S/C14H11ClN4O4/c15-11-6-10(19(22)23)7-12(13(11)20)18-17-8-16-14(21)9-4-2-1-3-5-9/h1-8,18,20H,(H,16,17,21). The second-order valence-electron chi connectivity index (χ2n) is 4.29. The number of hydrogen-bond acceptors (Lipinski definition) is 6. The third-order valence-electron chi connectivity index (χ3n) is 2.74. The maximum Gasteiger partial charge on any atom is 0.273 e. The first kappa shape index (κ1) is 16.2. The van der Waals surface area contributed by atoms with E-state index in [-0.39, 0.29) is 28.1 Å². The van der Waals surface area contributed by atoms with Gasteiger partial charge in [-0.15, -0.1) is 0 Å². The summed E-state index contributed by atoms with van der Waals surface area (Å²) in [5.41, 5.74) is 2.45. The summed E-state index contributed by atoms with van der Waals surface area (Å²) < 4.78 is 0. The summed E-state index contributed by atoms with van der Waals surface area (Å²) >= 11 is 5.69. The van der Waals surface area contributed by atoms with Gasteiger partial charge < -0.3 is 10.4 Å². The van der Waals surface area contributed by atoms with Crippen LogP contribution in [0.15, 0.2) is 47.6 Å². The van der Waals surface area contributed by atoms with Gasteiger partial charge >= 0.3 is 0 Å². The monoisotopic (exact) mass is 334 g/mol. The Morgan fingerprint density at radius 2 is 2.00 bits per heavy atom. The van der Waals surface area contributed by atoms with Crippen molar-refractivity contribution in [1.29, 1.82) is 0 Å². The smallest absolute Gasteiger partial charge is 0.273 e. The molecule has 2 aromatic rings. The molecule has 0 spiro atoms. The Balaban J connectivity index is 2.03. The fraction of sp³-hybridized carbons (Fsp3) is 0. The van der Waals surface area contributed by atoms with Crippen LogP contribution in [0.3, 0.4) is 0 Å². The molecule has 23 heavy (non-hydrogen) atoms. The number of phenolic OH excluding ortho intramolecular Hbond substituents is 1. The van der Waals surface area contributed by atoms with Crippen LogP contribution in [-0.2, 0) is 0 Å². The zero-order valence-electron chi connectivity index (χ0n) is 11.6. The van der Waals surface area contributed by atoms with Crippen molar-refractivity contribution in [2.24, 2.45) is 5.10 Å². The maximum absolute atomic E-state index is 11.7. The zero-order chi connectivity index (χ0) is 16.8. The molecule has 2 aromatic carbocycles. The van der Waals surface area contributed by atoms with E-state index in [9.17, 15) is 20.0 Å². The number of amides is 1. The number of halogens is 1. The number of nitro groups is 1. The van der Waals surface area contributed by atoms with Gasteiger partial charge in [-0.25, -0.2) is 0 Å². The van der Waals surface area contributed by atoms with E-state index in [1.54, 1.807) is 30.3 Å². The molecule has 0 heterocycles. The molecule has 118 valence electrons. The molecule has 2 rings (SSSR count). The summed E-state index contributed by atoms with van der Waals surface area (Å²) in [7, 11) is 0. The average molecular weight is 335 g/mol. The third-order valence-corrected chi connectivity index (χ3v) is 3.03. The van der Waals surface area contributed by atoms with E-state index < -0.39 is 4.92 Å². The molecule has 0 aliphatic carbocycles. The van der Waals surface area contributed by atoms with Gasteiger partial charge in [0.2, 0.25) is 0 Å². The van der Waals surface area contributed by atoms with Gasteiger partial charge in [-0.1, -0.05) is 29.8 Å². The molecule has 0 unspecified atom stereocenters. The van der Waals surface area contributed by atoms with E-state index in [0.717, 1.165) is 18.5 Å². The number of nitro benzene ring substituents is 1. The highest BCUT2D eigenvalue weighted by Crippen LogP contribution is 2.35. The van der Waals surface area contributed by atoms with E-state index in [1.807, 2.05) is 0 Å². The van der Waals surface area contributed by atoms with Crippen LogP contribution in [0.25, 0.3) is 0 Å². The van der Waals surface area contributed by atoms with Gasteiger partial charge in [0, 0.05) is 17.7 Å². The molecule has 0 fully saturated rings. The molecule has 3 N–H and O–H groups in total. The molecule has 0 radical (unpaired) electrons. The molecule has 0 saturated carbocycles. The Morgan fingerprint density at radius 1 is 1.30 bits per heavy atom. The van der Waals surface area contributed by atoms with Gasteiger partial charge in [-0.2, -0.15) is 5.10 Å². The number of rotatable bonds is 5. The first-order valence-corrected chi connectivity index (χ1v) is 6.67. The topological polar surface area (TPSA) is 117 Å². The van der Waals surface area contributed by atoms with Crippen LogP contribution >= 0.6 is 11.6 Å². The van der Waals surface area contributed by atoms with Crippen molar-refractivity contribution in [3.05, 3.63) is 63.2 Å². The van der Waals surface area contributed by atoms with E-state index in [0.29, 0.717) is 5.56 Å². The normalized spacial score (nSPS) is 10.5. The summed E-state index contributed by atoms with van der Waals surface area (Å²) in [4.78, 5) is 21.8. The minimum Gasteiger partial charge on any atom is -0.504 e. The van der Waals surface area contributed by atoms with Crippen molar-refractivity contribution in [2.45, 2.75) is 0 Å². The number of hydrogen-bond donors (Lipinski definition) is 3. The minimum atomic E-state index is -0.655. The van der Waals surface area contributed by atoms with Crippen LogP contribution in [0.4, 0.5) is 11.4 Å². The summed E-state index contributed by atoms with van der Waals surface area (Å²) in [5, 5.41) is 26.3. The number of aromatic hydroxyl groups is 1. The number of non-ortho nitro benzene ring substituents is 1. The Labute approximate surface area is 135 Å². The first-order valence-electron chi connectivity index (χ1n) is 6.29. The van der Waals surface area contributed by atoms with Crippen molar-refractivity contribution in [3.8, 4) is 5.75 Å². The van der Waals surface area contributed by atoms with Gasteiger partial charge in [-0.3, -0.25) is 20.3 Å². The van der Waals surface area contributed by atoms with Crippen molar-refractivity contribution in [2.75, 3.05) is 5.43 Å². The van der Waals surface area contributed by atoms with Crippen molar-refractivity contribution >= 4 is 35.2 Å². The van der Waals surface area contributed by atoms with Crippen molar-refractivity contribution in [3.63, 3.8) is 0 Å². The summed E-state index contributed by atoms with van der Waals surface area (Å²) in [6.45, 7) is 0. The molecule has 0 aromatic heterocycles. The van der Waals surface area contributed by atoms with E-state index in [1.165, 1.54) is 0 Å². The van der Waals surface area contributed by atoms with E-state index in [2.05, 4.69) is 15.8 Å². The molecule has 0 aliphatic rings. The average Bonchev–Trinajstić information content (AvgIpc) is 2.55. The zero-order valence-corrected chi connectivity index (χ0v) is 12.3.